The van der Waals surface area contributed by atoms with Gasteiger partial charge in [0.05, 0.1) is 5.73 Å². The third kappa shape index (κ3) is 2.24. The van der Waals surface area contributed by atoms with E-state index in [1.165, 1.54) is 0 Å². The molecule has 0 heterocycles. The monoisotopic (exact) mass is 120 g/mol. The molecular weight excluding hydrogens is 112 g/mol. The molecule has 0 radical (unpaired) electrons. The van der Waals surface area contributed by atoms with Gasteiger partial charge in [-0.1, -0.05) is 0 Å². The molecule has 0 aliphatic heterocycles. The molecule has 0 aromatic heterocycles. The molecular formula is C3H8O3Si. The fourth-order valence-electron chi connectivity index (χ4n) is 0.108. The van der Waals surface area contributed by atoms with E-state index < -0.39 is 5.73 Å². The normalized spacial score (nSPS) is 17.0. The lowest BCUT2D eigenvalue weighted by molar-refractivity contribution is 0.208. The second kappa shape index (κ2) is 2.65. The Kier molecular flexibility index (Phi) is 2.47. The topological polar surface area (TPSA) is 60.7 Å². The van der Waals surface area contributed by atoms with Crippen LogP contribution in [-0.2, 0) is 0 Å². The SMILES string of the molecule is OC=C(O)C(O)[SiH3]. The summed E-state index contributed by atoms with van der Waals surface area (Å²) >= 11 is 0. The Morgan fingerprint density at radius 2 is 2.14 bits per heavy atom. The van der Waals surface area contributed by atoms with E-state index in [4.69, 9.17) is 15.3 Å². The predicted molar refractivity (Wildman–Crippen MR) is 29.3 cm³/mol. The molecule has 0 bridgehead atoms. The molecule has 0 aromatic carbocycles. The summed E-state index contributed by atoms with van der Waals surface area (Å²) in [4.78, 5) is 0. The van der Waals surface area contributed by atoms with Crippen molar-refractivity contribution < 1.29 is 15.3 Å². The largest absolute Gasteiger partial charge is 0.512 e. The zero-order valence-corrected chi connectivity index (χ0v) is 6.00. The van der Waals surface area contributed by atoms with Gasteiger partial charge in [0.15, 0.2) is 5.76 Å². The van der Waals surface area contributed by atoms with E-state index in [0.29, 0.717) is 16.5 Å². The van der Waals surface area contributed by atoms with Crippen molar-refractivity contribution in [2.24, 2.45) is 0 Å². The van der Waals surface area contributed by atoms with E-state index in [0.717, 1.165) is 0 Å². The number of hydrogen-bond donors (Lipinski definition) is 3. The zero-order valence-electron chi connectivity index (χ0n) is 4.00. The highest BCUT2D eigenvalue weighted by atomic mass is 28.1. The molecule has 0 aliphatic rings. The molecule has 0 rings (SSSR count). The minimum Gasteiger partial charge on any atom is -0.512 e. The lowest BCUT2D eigenvalue weighted by Crippen LogP contribution is -2.08. The van der Waals surface area contributed by atoms with Gasteiger partial charge in [0.25, 0.3) is 0 Å². The van der Waals surface area contributed by atoms with Gasteiger partial charge in [-0.3, -0.25) is 0 Å². The van der Waals surface area contributed by atoms with Crippen LogP contribution in [0.1, 0.15) is 0 Å². The molecule has 0 amide bonds. The summed E-state index contributed by atoms with van der Waals surface area (Å²) in [5.74, 6) is -0.355. The molecule has 0 saturated heterocycles. The number of aliphatic hydroxyl groups excluding tert-OH is 3. The second-order valence-corrected chi connectivity index (χ2v) is 2.32. The first-order chi connectivity index (χ1) is 3.18. The third-order valence-corrected chi connectivity index (χ3v) is 1.15. The Labute approximate surface area is 44.3 Å². The first kappa shape index (κ1) is 6.52. The molecule has 3 nitrogen and oxygen atoms in total. The second-order valence-electron chi connectivity index (χ2n) is 1.23. The van der Waals surface area contributed by atoms with E-state index in [9.17, 15) is 0 Å². The van der Waals surface area contributed by atoms with Gasteiger partial charge in [0.2, 0.25) is 0 Å². The Morgan fingerprint density at radius 1 is 1.71 bits per heavy atom. The zero-order chi connectivity index (χ0) is 5.86. The Hall–Kier alpha value is -0.483. The van der Waals surface area contributed by atoms with Gasteiger partial charge in [-0.25, -0.2) is 0 Å². The van der Waals surface area contributed by atoms with Gasteiger partial charge in [-0.2, -0.15) is 0 Å². The fraction of sp³-hybridized carbons (Fsp3) is 0.333. The lowest BCUT2D eigenvalue weighted by atomic mass is 10.6. The van der Waals surface area contributed by atoms with E-state index in [-0.39, 0.29) is 5.76 Å². The van der Waals surface area contributed by atoms with Crippen LogP contribution in [0.5, 0.6) is 0 Å². The molecule has 7 heavy (non-hydrogen) atoms. The molecule has 0 fully saturated rings. The standard InChI is InChI=1S/C3H8O3Si/c4-1-2(5)3(6)7/h1,3-6H,7H3. The van der Waals surface area contributed by atoms with Crippen molar-refractivity contribution in [1.82, 2.24) is 0 Å². The first-order valence-corrected chi connectivity index (χ1v) is 3.05. The van der Waals surface area contributed by atoms with Crippen LogP contribution in [0.15, 0.2) is 12.0 Å². The van der Waals surface area contributed by atoms with Crippen LogP contribution in [0.4, 0.5) is 0 Å². The van der Waals surface area contributed by atoms with Crippen LogP contribution < -0.4 is 0 Å². The summed E-state index contributed by atoms with van der Waals surface area (Å²) in [6.45, 7) is 0. The van der Waals surface area contributed by atoms with Crippen LogP contribution in [0.25, 0.3) is 0 Å². The van der Waals surface area contributed by atoms with Crippen molar-refractivity contribution >= 4 is 10.2 Å². The van der Waals surface area contributed by atoms with Gasteiger partial charge in [-0.05, 0) is 0 Å². The number of hydrogen-bond acceptors (Lipinski definition) is 3. The smallest absolute Gasteiger partial charge is 0.150 e. The van der Waals surface area contributed by atoms with Crippen LogP contribution in [0, 0.1) is 0 Å². The van der Waals surface area contributed by atoms with Crippen molar-refractivity contribution in [2.75, 3.05) is 0 Å². The summed E-state index contributed by atoms with van der Waals surface area (Å²) in [7, 11) is 0.440. The number of aliphatic hydroxyl groups is 3. The molecule has 0 spiro atoms. The highest BCUT2D eigenvalue weighted by Gasteiger charge is 1.97. The highest BCUT2D eigenvalue weighted by Crippen LogP contribution is 1.87. The summed E-state index contributed by atoms with van der Waals surface area (Å²) in [5.41, 5.74) is -0.829. The lowest BCUT2D eigenvalue weighted by Gasteiger charge is -1.97. The van der Waals surface area contributed by atoms with Crippen LogP contribution in [-0.4, -0.2) is 31.3 Å². The van der Waals surface area contributed by atoms with Crippen LogP contribution in [0.3, 0.4) is 0 Å². The number of rotatable bonds is 1. The molecule has 0 saturated carbocycles. The minimum atomic E-state index is -0.829. The maximum absolute atomic E-state index is 8.40. The van der Waals surface area contributed by atoms with Crippen molar-refractivity contribution in [1.29, 1.82) is 0 Å². The molecule has 0 aliphatic carbocycles. The van der Waals surface area contributed by atoms with Crippen molar-refractivity contribution in [3.8, 4) is 0 Å². The highest BCUT2D eigenvalue weighted by molar-refractivity contribution is 6.12. The Balaban J connectivity index is 3.56. The van der Waals surface area contributed by atoms with Gasteiger partial charge >= 0.3 is 0 Å². The molecule has 1 atom stereocenters. The third-order valence-electron chi connectivity index (χ3n) is 0.560. The molecule has 0 aromatic rings. The average molecular weight is 120 g/mol. The average Bonchev–Trinajstić information content (AvgIpc) is 1.65. The van der Waals surface area contributed by atoms with Crippen molar-refractivity contribution in [2.45, 2.75) is 5.73 Å². The minimum absolute atomic E-state index is 0.355. The molecule has 4 heteroatoms. The van der Waals surface area contributed by atoms with E-state index in [1.54, 1.807) is 0 Å². The van der Waals surface area contributed by atoms with Gasteiger partial charge in [0, 0.05) is 10.2 Å². The predicted octanol–water partition coefficient (Wildman–Crippen LogP) is -1.37. The Bertz CT molecular complexity index is 78.2. The van der Waals surface area contributed by atoms with Gasteiger partial charge in [0.1, 0.15) is 6.26 Å². The van der Waals surface area contributed by atoms with Crippen molar-refractivity contribution in [3.63, 3.8) is 0 Å². The maximum atomic E-state index is 8.40. The van der Waals surface area contributed by atoms with E-state index in [2.05, 4.69) is 0 Å². The molecule has 1 unspecified atom stereocenters. The first-order valence-electron chi connectivity index (χ1n) is 1.89. The Morgan fingerprint density at radius 3 is 2.14 bits per heavy atom. The fourth-order valence-corrected chi connectivity index (χ4v) is 0.257. The van der Waals surface area contributed by atoms with Gasteiger partial charge in [-0.15, -0.1) is 0 Å². The molecule has 3 N–H and O–H groups in total. The van der Waals surface area contributed by atoms with Crippen LogP contribution in [0.2, 0.25) is 0 Å². The summed E-state index contributed by atoms with van der Waals surface area (Å²) in [5, 5.41) is 24.7. The quantitative estimate of drug-likeness (QED) is 0.295. The summed E-state index contributed by atoms with van der Waals surface area (Å²) < 4.78 is 0. The van der Waals surface area contributed by atoms with Crippen LogP contribution >= 0.6 is 0 Å². The van der Waals surface area contributed by atoms with E-state index >= 15 is 0 Å². The van der Waals surface area contributed by atoms with Gasteiger partial charge < -0.3 is 15.3 Å². The van der Waals surface area contributed by atoms with Crippen molar-refractivity contribution in [3.05, 3.63) is 12.0 Å². The molecule has 42 valence electrons. The summed E-state index contributed by atoms with van der Waals surface area (Å²) in [6.07, 6.45) is 0.498. The van der Waals surface area contributed by atoms with E-state index in [1.807, 2.05) is 0 Å². The maximum Gasteiger partial charge on any atom is 0.150 e. The summed E-state index contributed by atoms with van der Waals surface area (Å²) in [6, 6.07) is 0.